The van der Waals surface area contributed by atoms with Gasteiger partial charge in [0.2, 0.25) is 0 Å². The molecule has 0 N–H and O–H groups in total. The Morgan fingerprint density at radius 1 is 1.17 bits per heavy atom. The number of carbonyl (C=O) groups excluding carboxylic acids is 2. The van der Waals surface area contributed by atoms with Crippen LogP contribution in [0.5, 0.6) is 0 Å². The Kier molecular flexibility index (Phi) is 5.97. The number of nitrogens with zero attached hydrogens (tertiary/aromatic N) is 1. The lowest BCUT2D eigenvalue weighted by molar-refractivity contribution is -0.143. The van der Waals surface area contributed by atoms with Gasteiger partial charge in [-0.15, -0.1) is 0 Å². The van der Waals surface area contributed by atoms with E-state index in [4.69, 9.17) is 9.15 Å². The summed E-state index contributed by atoms with van der Waals surface area (Å²) < 4.78 is 10.3. The molecule has 1 amide bonds. The lowest BCUT2D eigenvalue weighted by Crippen LogP contribution is -2.33. The van der Waals surface area contributed by atoms with E-state index in [1.54, 1.807) is 30.2 Å². The molecule has 2 aromatic rings. The molecule has 0 aliphatic carbocycles. The Hall–Kier alpha value is -2.56. The lowest BCUT2D eigenvalue weighted by Gasteiger charge is -2.22. The molecule has 0 atom stereocenters. The maximum Gasteiger partial charge on any atom is 0.307 e. The van der Waals surface area contributed by atoms with E-state index in [2.05, 4.69) is 0 Å². The zero-order chi connectivity index (χ0) is 16.7. The van der Waals surface area contributed by atoms with Crippen molar-refractivity contribution in [2.24, 2.45) is 0 Å². The third-order valence-corrected chi connectivity index (χ3v) is 3.48. The maximum atomic E-state index is 12.8. The van der Waals surface area contributed by atoms with E-state index in [-0.39, 0.29) is 24.8 Å². The van der Waals surface area contributed by atoms with E-state index >= 15 is 0 Å². The van der Waals surface area contributed by atoms with Crippen LogP contribution in [-0.2, 0) is 16.1 Å². The molecule has 23 heavy (non-hydrogen) atoms. The Balaban J connectivity index is 2.13. The van der Waals surface area contributed by atoms with Crippen LogP contribution in [0.3, 0.4) is 0 Å². The monoisotopic (exact) mass is 315 g/mol. The Bertz CT molecular complexity index is 649. The normalized spacial score (nSPS) is 10.3. The van der Waals surface area contributed by atoms with Gasteiger partial charge in [0.05, 0.1) is 25.8 Å². The van der Waals surface area contributed by atoms with Crippen LogP contribution in [0, 0.1) is 6.92 Å². The van der Waals surface area contributed by atoms with Crippen LogP contribution >= 0.6 is 0 Å². The first-order chi connectivity index (χ1) is 11.1. The van der Waals surface area contributed by atoms with Crippen LogP contribution in [0.25, 0.3) is 0 Å². The third-order valence-electron chi connectivity index (χ3n) is 3.48. The van der Waals surface area contributed by atoms with Crippen molar-refractivity contribution < 1.29 is 18.7 Å². The highest BCUT2D eigenvalue weighted by Gasteiger charge is 2.20. The second-order valence-corrected chi connectivity index (χ2v) is 5.18. The molecular formula is C18H21NO4. The number of aryl methyl sites for hydroxylation is 1. The molecule has 122 valence electrons. The summed E-state index contributed by atoms with van der Waals surface area (Å²) in [5, 5.41) is 0. The largest absolute Gasteiger partial charge is 0.467 e. The van der Waals surface area contributed by atoms with E-state index in [9.17, 15) is 9.59 Å². The standard InChI is InChI=1S/C18H21NO4/c1-3-22-17(20)10-11-19(13-15-8-6-12-23-15)18(21)16-9-5-4-7-14(16)2/h4-9,12H,3,10-11,13H2,1-2H3. The molecule has 1 heterocycles. The van der Waals surface area contributed by atoms with Crippen molar-refractivity contribution in [1.82, 2.24) is 4.90 Å². The van der Waals surface area contributed by atoms with Gasteiger partial charge in [-0.05, 0) is 37.6 Å². The zero-order valence-corrected chi connectivity index (χ0v) is 13.5. The van der Waals surface area contributed by atoms with Gasteiger partial charge < -0.3 is 14.1 Å². The average Bonchev–Trinajstić information content (AvgIpc) is 3.04. The average molecular weight is 315 g/mol. The number of esters is 1. The molecule has 0 fully saturated rings. The van der Waals surface area contributed by atoms with Gasteiger partial charge in [-0.3, -0.25) is 9.59 Å². The Morgan fingerprint density at radius 3 is 2.61 bits per heavy atom. The number of ether oxygens (including phenoxy) is 1. The van der Waals surface area contributed by atoms with Gasteiger partial charge in [0.15, 0.2) is 0 Å². The third kappa shape index (κ3) is 4.71. The molecule has 0 aliphatic heterocycles. The van der Waals surface area contributed by atoms with E-state index in [1.807, 2.05) is 31.2 Å². The highest BCUT2D eigenvalue weighted by Crippen LogP contribution is 2.14. The second-order valence-electron chi connectivity index (χ2n) is 5.18. The number of rotatable bonds is 7. The van der Waals surface area contributed by atoms with Crippen molar-refractivity contribution in [2.75, 3.05) is 13.2 Å². The minimum absolute atomic E-state index is 0.121. The summed E-state index contributed by atoms with van der Waals surface area (Å²) in [4.78, 5) is 26.0. The van der Waals surface area contributed by atoms with Crippen LogP contribution in [-0.4, -0.2) is 29.9 Å². The zero-order valence-electron chi connectivity index (χ0n) is 13.5. The molecule has 5 nitrogen and oxygen atoms in total. The number of amides is 1. The van der Waals surface area contributed by atoms with Crippen molar-refractivity contribution in [3.63, 3.8) is 0 Å². The van der Waals surface area contributed by atoms with Crippen molar-refractivity contribution in [1.29, 1.82) is 0 Å². The predicted molar refractivity (Wildman–Crippen MR) is 85.9 cm³/mol. The highest BCUT2D eigenvalue weighted by molar-refractivity contribution is 5.95. The van der Waals surface area contributed by atoms with Crippen molar-refractivity contribution in [2.45, 2.75) is 26.8 Å². The van der Waals surface area contributed by atoms with Gasteiger partial charge in [0.25, 0.3) is 5.91 Å². The molecular weight excluding hydrogens is 294 g/mol. The second kappa shape index (κ2) is 8.17. The summed E-state index contributed by atoms with van der Waals surface area (Å²) >= 11 is 0. The number of furan rings is 1. The van der Waals surface area contributed by atoms with E-state index < -0.39 is 0 Å². The molecule has 1 aromatic heterocycles. The van der Waals surface area contributed by atoms with Gasteiger partial charge in [-0.2, -0.15) is 0 Å². The number of hydrogen-bond acceptors (Lipinski definition) is 4. The van der Waals surface area contributed by atoms with E-state index in [1.165, 1.54) is 0 Å². The van der Waals surface area contributed by atoms with Gasteiger partial charge in [-0.25, -0.2) is 0 Å². The van der Waals surface area contributed by atoms with Crippen LogP contribution in [0.4, 0.5) is 0 Å². The minimum Gasteiger partial charge on any atom is -0.467 e. The van der Waals surface area contributed by atoms with Crippen LogP contribution in [0.2, 0.25) is 0 Å². The predicted octanol–water partition coefficient (Wildman–Crippen LogP) is 3.18. The maximum absolute atomic E-state index is 12.8. The SMILES string of the molecule is CCOC(=O)CCN(Cc1ccco1)C(=O)c1ccccc1C. The summed E-state index contributed by atoms with van der Waals surface area (Å²) in [6.45, 7) is 4.59. The first kappa shape index (κ1) is 16.8. The van der Waals surface area contributed by atoms with Gasteiger partial charge in [0.1, 0.15) is 5.76 Å². The fraction of sp³-hybridized carbons (Fsp3) is 0.333. The Labute approximate surface area is 135 Å². The summed E-state index contributed by atoms with van der Waals surface area (Å²) in [5.74, 6) is 0.245. The molecule has 0 bridgehead atoms. The van der Waals surface area contributed by atoms with Gasteiger partial charge in [-0.1, -0.05) is 18.2 Å². The molecule has 1 aromatic carbocycles. The fourth-order valence-corrected chi connectivity index (χ4v) is 2.29. The summed E-state index contributed by atoms with van der Waals surface area (Å²) in [6, 6.07) is 11.0. The molecule has 0 unspecified atom stereocenters. The molecule has 2 rings (SSSR count). The summed E-state index contributed by atoms with van der Waals surface area (Å²) in [6.07, 6.45) is 1.73. The molecule has 0 saturated heterocycles. The highest BCUT2D eigenvalue weighted by atomic mass is 16.5. The number of hydrogen-bond donors (Lipinski definition) is 0. The van der Waals surface area contributed by atoms with Crippen molar-refractivity contribution in [3.05, 3.63) is 59.5 Å². The Morgan fingerprint density at radius 2 is 1.96 bits per heavy atom. The number of benzene rings is 1. The number of carbonyl (C=O) groups is 2. The quantitative estimate of drug-likeness (QED) is 0.736. The van der Waals surface area contributed by atoms with Crippen LogP contribution in [0.1, 0.15) is 35.0 Å². The van der Waals surface area contributed by atoms with Gasteiger partial charge in [0, 0.05) is 12.1 Å². The molecule has 0 saturated carbocycles. The van der Waals surface area contributed by atoms with Crippen LogP contribution in [0.15, 0.2) is 47.1 Å². The first-order valence-electron chi connectivity index (χ1n) is 7.64. The van der Waals surface area contributed by atoms with Crippen molar-refractivity contribution in [3.8, 4) is 0 Å². The smallest absolute Gasteiger partial charge is 0.307 e. The molecule has 0 aliphatic rings. The minimum atomic E-state index is -0.311. The van der Waals surface area contributed by atoms with Gasteiger partial charge >= 0.3 is 5.97 Å². The lowest BCUT2D eigenvalue weighted by atomic mass is 10.1. The van der Waals surface area contributed by atoms with Crippen LogP contribution < -0.4 is 0 Å². The molecule has 0 spiro atoms. The summed E-state index contributed by atoms with van der Waals surface area (Å²) in [7, 11) is 0. The molecule has 5 heteroatoms. The fourth-order valence-electron chi connectivity index (χ4n) is 2.29. The summed E-state index contributed by atoms with van der Waals surface area (Å²) in [5.41, 5.74) is 1.53. The molecule has 0 radical (unpaired) electrons. The van der Waals surface area contributed by atoms with Crippen molar-refractivity contribution >= 4 is 11.9 Å². The van der Waals surface area contributed by atoms with E-state index in [0.29, 0.717) is 24.5 Å². The van der Waals surface area contributed by atoms with E-state index in [0.717, 1.165) is 5.56 Å². The topological polar surface area (TPSA) is 59.8 Å². The first-order valence-corrected chi connectivity index (χ1v) is 7.64.